The van der Waals surface area contributed by atoms with Crippen molar-refractivity contribution in [2.75, 3.05) is 13.2 Å². The van der Waals surface area contributed by atoms with Gasteiger partial charge in [-0.25, -0.2) is 0 Å². The number of aliphatic hydroxyl groups excluding tert-OH is 1. The smallest absolute Gasteiger partial charge is 0.108 e. The van der Waals surface area contributed by atoms with Crippen molar-refractivity contribution in [3.05, 3.63) is 35.9 Å². The zero-order valence-corrected chi connectivity index (χ0v) is 8.73. The quantitative estimate of drug-likeness (QED) is 0.725. The number of hydrogen-bond acceptors (Lipinski definition) is 3. The van der Waals surface area contributed by atoms with Gasteiger partial charge in [-0.3, -0.25) is 0 Å². The van der Waals surface area contributed by atoms with Gasteiger partial charge in [0.15, 0.2) is 0 Å². The fourth-order valence-electron chi connectivity index (χ4n) is 1.28. The normalized spacial score (nSPS) is 11.2. The molecule has 3 nitrogen and oxygen atoms in total. The summed E-state index contributed by atoms with van der Waals surface area (Å²) in [5.74, 6) is 2.42. The van der Waals surface area contributed by atoms with E-state index in [1.165, 1.54) is 0 Å². The molecule has 0 saturated carbocycles. The van der Waals surface area contributed by atoms with E-state index in [0.29, 0.717) is 6.42 Å². The molecule has 15 heavy (non-hydrogen) atoms. The SMILES string of the molecule is C#CCOC(CCO)c1ccccc1.N. The van der Waals surface area contributed by atoms with Crippen molar-refractivity contribution in [1.82, 2.24) is 6.15 Å². The standard InChI is InChI=1S/C12H14O2.H3N/c1-2-10-14-12(8-9-13)11-6-4-3-5-7-11;/h1,3-7,12-13H,8-10H2;1H3. The third kappa shape index (κ3) is 4.61. The van der Waals surface area contributed by atoms with Gasteiger partial charge < -0.3 is 16.0 Å². The van der Waals surface area contributed by atoms with E-state index in [9.17, 15) is 0 Å². The van der Waals surface area contributed by atoms with Gasteiger partial charge in [-0.2, -0.15) is 0 Å². The highest BCUT2D eigenvalue weighted by atomic mass is 16.5. The lowest BCUT2D eigenvalue weighted by atomic mass is 10.1. The molecular weight excluding hydrogens is 190 g/mol. The van der Waals surface area contributed by atoms with Crippen LogP contribution in [-0.2, 0) is 4.74 Å². The molecule has 0 aliphatic carbocycles. The van der Waals surface area contributed by atoms with E-state index in [1.807, 2.05) is 30.3 Å². The molecule has 1 aromatic carbocycles. The van der Waals surface area contributed by atoms with Gasteiger partial charge in [0.2, 0.25) is 0 Å². The number of aliphatic hydroxyl groups is 1. The molecule has 4 N–H and O–H groups in total. The van der Waals surface area contributed by atoms with Gasteiger partial charge in [0.25, 0.3) is 0 Å². The summed E-state index contributed by atoms with van der Waals surface area (Å²) in [6, 6.07) is 9.77. The van der Waals surface area contributed by atoms with Crippen molar-refractivity contribution in [2.45, 2.75) is 12.5 Å². The van der Waals surface area contributed by atoms with E-state index in [1.54, 1.807) is 0 Å². The topological polar surface area (TPSA) is 64.5 Å². The molecule has 3 heteroatoms. The Morgan fingerprint density at radius 2 is 2.00 bits per heavy atom. The van der Waals surface area contributed by atoms with E-state index in [0.717, 1.165) is 5.56 Å². The van der Waals surface area contributed by atoms with Crippen LogP contribution in [0.4, 0.5) is 0 Å². The molecule has 1 atom stereocenters. The molecule has 1 rings (SSSR count). The summed E-state index contributed by atoms with van der Waals surface area (Å²) in [5, 5.41) is 8.87. The summed E-state index contributed by atoms with van der Waals surface area (Å²) >= 11 is 0. The van der Waals surface area contributed by atoms with Crippen molar-refractivity contribution < 1.29 is 9.84 Å². The lowest BCUT2D eigenvalue weighted by Crippen LogP contribution is -2.06. The van der Waals surface area contributed by atoms with Crippen LogP contribution in [-0.4, -0.2) is 18.3 Å². The maximum atomic E-state index is 8.87. The maximum Gasteiger partial charge on any atom is 0.108 e. The molecule has 0 heterocycles. The van der Waals surface area contributed by atoms with Gasteiger partial charge in [0, 0.05) is 13.0 Å². The largest absolute Gasteiger partial charge is 0.396 e. The Bertz CT molecular complexity index is 292. The number of rotatable bonds is 5. The fraction of sp³-hybridized carbons (Fsp3) is 0.333. The third-order valence-corrected chi connectivity index (χ3v) is 1.93. The molecule has 0 aliphatic heterocycles. The highest BCUT2D eigenvalue weighted by Crippen LogP contribution is 2.19. The van der Waals surface area contributed by atoms with E-state index < -0.39 is 0 Å². The minimum atomic E-state index is -0.0998. The summed E-state index contributed by atoms with van der Waals surface area (Å²) in [6.45, 7) is 0.379. The van der Waals surface area contributed by atoms with Gasteiger partial charge in [-0.05, 0) is 5.56 Å². The van der Waals surface area contributed by atoms with Gasteiger partial charge in [-0.1, -0.05) is 36.3 Å². The lowest BCUT2D eigenvalue weighted by molar-refractivity contribution is 0.0563. The molecule has 0 saturated heterocycles. The van der Waals surface area contributed by atoms with Crippen molar-refractivity contribution in [3.63, 3.8) is 0 Å². The summed E-state index contributed by atoms with van der Waals surface area (Å²) in [4.78, 5) is 0. The molecule has 0 aromatic heterocycles. The second kappa shape index (κ2) is 8.01. The second-order valence-corrected chi connectivity index (χ2v) is 2.93. The Morgan fingerprint density at radius 3 is 2.53 bits per heavy atom. The van der Waals surface area contributed by atoms with Gasteiger partial charge >= 0.3 is 0 Å². The van der Waals surface area contributed by atoms with Crippen LogP contribution >= 0.6 is 0 Å². The zero-order valence-electron chi connectivity index (χ0n) is 8.73. The Morgan fingerprint density at radius 1 is 1.33 bits per heavy atom. The molecule has 0 fully saturated rings. The minimum absolute atomic E-state index is 0. The first kappa shape index (κ1) is 13.7. The predicted octanol–water partition coefficient (Wildman–Crippen LogP) is 1.92. The first-order valence-electron chi connectivity index (χ1n) is 4.59. The van der Waals surface area contributed by atoms with E-state index in [-0.39, 0.29) is 25.5 Å². The average Bonchev–Trinajstić information content (AvgIpc) is 2.25. The predicted molar refractivity (Wildman–Crippen MR) is 60.7 cm³/mol. The highest BCUT2D eigenvalue weighted by Gasteiger charge is 2.09. The minimum Gasteiger partial charge on any atom is -0.396 e. The van der Waals surface area contributed by atoms with Crippen LogP contribution in [0.25, 0.3) is 0 Å². The molecule has 0 aliphatic rings. The van der Waals surface area contributed by atoms with Gasteiger partial charge in [0.1, 0.15) is 6.61 Å². The molecular formula is C12H17NO2. The number of hydrogen-bond donors (Lipinski definition) is 2. The van der Waals surface area contributed by atoms with Crippen molar-refractivity contribution in [3.8, 4) is 12.3 Å². The van der Waals surface area contributed by atoms with Crippen LogP contribution in [0.3, 0.4) is 0 Å². The number of ether oxygens (including phenoxy) is 1. The highest BCUT2D eigenvalue weighted by molar-refractivity contribution is 5.17. The first-order valence-corrected chi connectivity index (χ1v) is 4.59. The van der Waals surface area contributed by atoms with E-state index in [4.69, 9.17) is 16.3 Å². The van der Waals surface area contributed by atoms with Crippen molar-refractivity contribution in [2.24, 2.45) is 0 Å². The first-order chi connectivity index (χ1) is 6.88. The summed E-state index contributed by atoms with van der Waals surface area (Å²) in [6.07, 6.45) is 5.59. The summed E-state index contributed by atoms with van der Waals surface area (Å²) in [5.41, 5.74) is 1.05. The van der Waals surface area contributed by atoms with Crippen LogP contribution in [0.2, 0.25) is 0 Å². The van der Waals surface area contributed by atoms with Crippen LogP contribution in [0.1, 0.15) is 18.1 Å². The van der Waals surface area contributed by atoms with Crippen LogP contribution in [0.5, 0.6) is 0 Å². The molecule has 0 spiro atoms. The third-order valence-electron chi connectivity index (χ3n) is 1.93. The monoisotopic (exact) mass is 207 g/mol. The molecule has 0 radical (unpaired) electrons. The summed E-state index contributed by atoms with van der Waals surface area (Å²) < 4.78 is 5.42. The Hall–Kier alpha value is -1.34. The number of terminal acetylenes is 1. The molecule has 1 aromatic rings. The fourth-order valence-corrected chi connectivity index (χ4v) is 1.28. The van der Waals surface area contributed by atoms with Gasteiger partial charge in [-0.15, -0.1) is 6.42 Å². The van der Waals surface area contributed by atoms with Crippen LogP contribution in [0, 0.1) is 12.3 Å². The summed E-state index contributed by atoms with van der Waals surface area (Å²) in [7, 11) is 0. The van der Waals surface area contributed by atoms with E-state index in [2.05, 4.69) is 5.92 Å². The molecule has 0 amide bonds. The van der Waals surface area contributed by atoms with E-state index >= 15 is 0 Å². The molecule has 82 valence electrons. The average molecular weight is 207 g/mol. The van der Waals surface area contributed by atoms with Crippen LogP contribution in [0.15, 0.2) is 30.3 Å². The zero-order chi connectivity index (χ0) is 10.2. The van der Waals surface area contributed by atoms with Gasteiger partial charge in [0.05, 0.1) is 6.10 Å². The molecule has 1 unspecified atom stereocenters. The second-order valence-electron chi connectivity index (χ2n) is 2.93. The Labute approximate surface area is 90.7 Å². The Balaban J connectivity index is 0.00000196. The van der Waals surface area contributed by atoms with Crippen molar-refractivity contribution >= 4 is 0 Å². The van der Waals surface area contributed by atoms with Crippen molar-refractivity contribution in [1.29, 1.82) is 0 Å². The lowest BCUT2D eigenvalue weighted by Gasteiger charge is -2.15. The molecule has 0 bridgehead atoms. The number of benzene rings is 1. The van der Waals surface area contributed by atoms with Crippen LogP contribution < -0.4 is 6.15 Å². The Kier molecular flexibility index (Phi) is 7.29. The maximum absolute atomic E-state index is 8.87.